The van der Waals surface area contributed by atoms with Crippen LogP contribution in [0.1, 0.15) is 32.5 Å². The molecule has 0 radical (unpaired) electrons. The van der Waals surface area contributed by atoms with Crippen LogP contribution in [0.3, 0.4) is 0 Å². The van der Waals surface area contributed by atoms with Gasteiger partial charge in [-0.1, -0.05) is 0 Å². The molecule has 7 heterocycles. The van der Waals surface area contributed by atoms with Gasteiger partial charge in [-0.15, -0.1) is 22.7 Å². The highest BCUT2D eigenvalue weighted by atomic mass is 32.1. The monoisotopic (exact) mass is 1010 g/mol. The van der Waals surface area contributed by atoms with Gasteiger partial charge in [-0.25, -0.2) is 19.3 Å². The third-order valence-electron chi connectivity index (χ3n) is 10.2. The normalized spacial score (nSPS) is 19.0. The first-order valence-electron chi connectivity index (χ1n) is 19.3. The molecule has 1 aliphatic rings. The van der Waals surface area contributed by atoms with E-state index in [9.17, 15) is 65.9 Å². The van der Waals surface area contributed by atoms with Crippen molar-refractivity contribution in [2.45, 2.75) is 69.0 Å². The Bertz CT molecular complexity index is 3290. The van der Waals surface area contributed by atoms with Crippen molar-refractivity contribution in [3.05, 3.63) is 111 Å². The lowest BCUT2D eigenvalue weighted by Crippen LogP contribution is -2.59. The molecule has 5 atom stereocenters. The van der Waals surface area contributed by atoms with Crippen molar-refractivity contribution in [3.63, 3.8) is 0 Å². The van der Waals surface area contributed by atoms with E-state index in [1.165, 1.54) is 34.8 Å². The molecular formula is C40H30F6N6O11S4. The summed E-state index contributed by atoms with van der Waals surface area (Å²) in [6.07, 6.45) is -18.0. The second-order valence-corrected chi connectivity index (χ2v) is 18.4. The molecule has 1 unspecified atom stereocenters. The van der Waals surface area contributed by atoms with Crippen LogP contribution in [0.5, 0.6) is 0 Å². The van der Waals surface area contributed by atoms with Crippen LogP contribution in [0.25, 0.3) is 42.0 Å². The number of aliphatic hydroxyl groups is 4. The lowest BCUT2D eigenvalue weighted by atomic mass is 9.99. The summed E-state index contributed by atoms with van der Waals surface area (Å²) in [4.78, 5) is 57.9. The number of ether oxygens (including phenoxy) is 2. The number of nitrogens with zero attached hydrogens (tertiary/aromatic N) is 6. The molecule has 17 nitrogen and oxygen atoms in total. The van der Waals surface area contributed by atoms with Crippen molar-refractivity contribution in [2.24, 2.45) is 0 Å². The number of thiazole rings is 2. The lowest BCUT2D eigenvalue weighted by Gasteiger charge is -2.39. The maximum Gasteiger partial charge on any atom is 0.416 e. The highest BCUT2D eigenvalue weighted by Crippen LogP contribution is 2.35. The van der Waals surface area contributed by atoms with E-state index in [-0.39, 0.29) is 47.3 Å². The Hall–Kier alpha value is -5.78. The number of aromatic nitrogens is 6. The number of carboxylic acids is 1. The molecule has 0 saturated carbocycles. The van der Waals surface area contributed by atoms with E-state index < -0.39 is 90.3 Å². The fraction of sp³-hybridized carbons (Fsp3) is 0.300. The zero-order valence-corrected chi connectivity index (χ0v) is 36.7. The molecule has 1 saturated heterocycles. The third kappa shape index (κ3) is 10.1. The number of thiophene rings is 2. The summed E-state index contributed by atoms with van der Waals surface area (Å²) in [5, 5.41) is 65.7. The van der Waals surface area contributed by atoms with Gasteiger partial charge in [-0.3, -0.25) is 19.2 Å². The summed E-state index contributed by atoms with van der Waals surface area (Å²) in [7, 11) is 0. The summed E-state index contributed by atoms with van der Waals surface area (Å²) in [5.74, 6) is -2.03. The van der Waals surface area contributed by atoms with E-state index in [4.69, 9.17) is 14.6 Å². The van der Waals surface area contributed by atoms with Gasteiger partial charge in [-0.2, -0.15) is 59.2 Å². The molecule has 9 rings (SSSR count). The molecule has 0 aliphatic carbocycles. The minimum absolute atomic E-state index is 0.0576. The van der Waals surface area contributed by atoms with Gasteiger partial charge < -0.3 is 35.0 Å². The maximum atomic E-state index is 13.1. The number of benzene rings is 2. The Morgan fingerprint density at radius 1 is 0.701 bits per heavy atom. The number of carboxylic acid groups (broad SMARTS) is 1. The number of hydrogen-bond acceptors (Lipinski definition) is 18. The van der Waals surface area contributed by atoms with Gasteiger partial charge in [0.2, 0.25) is 0 Å². The maximum absolute atomic E-state index is 13.1. The molecule has 1 fully saturated rings. The molecule has 352 valence electrons. The fourth-order valence-electron chi connectivity index (χ4n) is 6.99. The van der Waals surface area contributed by atoms with Crippen LogP contribution in [0.15, 0.2) is 67.5 Å². The average molecular weight is 1010 g/mol. The predicted octanol–water partition coefficient (Wildman–Crippen LogP) is 4.78. The lowest BCUT2D eigenvalue weighted by molar-refractivity contribution is -0.289. The van der Waals surface area contributed by atoms with Crippen LogP contribution in [0, 0.1) is 0 Å². The van der Waals surface area contributed by atoms with Gasteiger partial charge >= 0.3 is 24.3 Å². The molecule has 67 heavy (non-hydrogen) atoms. The van der Waals surface area contributed by atoms with Crippen LogP contribution >= 0.6 is 45.3 Å². The largest absolute Gasteiger partial charge is 0.481 e. The number of rotatable bonds is 10. The number of fused-ring (bicyclic) bond motifs is 4. The number of aliphatic carboxylic acids is 1. The zero-order chi connectivity index (χ0) is 48.1. The molecule has 0 spiro atoms. The van der Waals surface area contributed by atoms with Gasteiger partial charge in [0.15, 0.2) is 12.4 Å². The quantitative estimate of drug-likeness (QED) is 0.0914. The van der Waals surface area contributed by atoms with Crippen LogP contribution in [-0.2, 0) is 57.3 Å². The van der Waals surface area contributed by atoms with Crippen molar-refractivity contribution < 1.29 is 70.9 Å². The van der Waals surface area contributed by atoms with Gasteiger partial charge in [0, 0.05) is 32.3 Å². The fourth-order valence-corrected chi connectivity index (χ4v) is 10.5. The van der Waals surface area contributed by atoms with Crippen LogP contribution in [-0.4, -0.2) is 104 Å². The molecule has 0 amide bonds. The van der Waals surface area contributed by atoms with Gasteiger partial charge in [-0.05, 0) is 36.4 Å². The molecule has 27 heteroatoms. The predicted molar refractivity (Wildman–Crippen MR) is 230 cm³/mol. The van der Waals surface area contributed by atoms with Gasteiger partial charge in [0.05, 0.1) is 86.3 Å². The zero-order valence-electron chi connectivity index (χ0n) is 33.5. The van der Waals surface area contributed by atoms with Gasteiger partial charge in [0.1, 0.15) is 28.3 Å². The van der Waals surface area contributed by atoms with Crippen molar-refractivity contribution in [1.82, 2.24) is 29.5 Å². The summed E-state index contributed by atoms with van der Waals surface area (Å²) in [5.41, 5.74) is -1.85. The summed E-state index contributed by atoms with van der Waals surface area (Å²) in [6, 6.07) is 6.46. The standard InChI is InChI=1S/C23H20F3N3O8S2.C17H10F3N3O3S2/c24-23(25,26)9-1-2-15-13(3-9)27-16(39-15)5-29-21(34)11-8-38-7-10(11)12(28-29)4-17(31)37-20-18(32)14(6-30)36-22(35)19(20)33;18-17(19,20)8-1-2-13-12(3-8)21-14(28-13)5-23-16(26)10-7-27-6-9(10)11(22-23)4-15(24)25/h1-3,7-8,14,18-20,22,30,32-33,35H,4-6H2;1-3,6-7H,4-5H2,(H,24,25)/t14-,18-,19-,20?,22-;/m1./s1. The number of carbonyl (C=O) groups is 2. The second-order valence-electron chi connectivity index (χ2n) is 14.7. The Labute approximate surface area is 385 Å². The van der Waals surface area contributed by atoms with E-state index in [0.29, 0.717) is 35.6 Å². The number of hydrogen-bond donors (Lipinski definition) is 5. The van der Waals surface area contributed by atoms with E-state index in [0.717, 1.165) is 56.3 Å². The van der Waals surface area contributed by atoms with E-state index >= 15 is 0 Å². The smallest absolute Gasteiger partial charge is 0.416 e. The first-order chi connectivity index (χ1) is 31.7. The molecule has 2 aromatic carbocycles. The first-order valence-corrected chi connectivity index (χ1v) is 22.8. The molecule has 6 aromatic heterocycles. The number of halogens is 6. The van der Waals surface area contributed by atoms with E-state index in [1.807, 2.05) is 0 Å². The highest BCUT2D eigenvalue weighted by molar-refractivity contribution is 7.18. The SMILES string of the molecule is O=C(Cc1nn(Cc2nc3cc(C(F)(F)F)ccc3s2)c(=O)c2cscc12)OC1[C@@H](O)[C@H](O)O[C@H](CO)[C@H]1O.O=C(O)Cc1nn(Cc2nc3cc(C(F)(F)F)ccc3s2)c(=O)c2cscc12. The molecule has 0 bridgehead atoms. The topological polar surface area (TPSA) is 249 Å². The van der Waals surface area contributed by atoms with Crippen molar-refractivity contribution in [1.29, 1.82) is 0 Å². The molecule has 5 N–H and O–H groups in total. The average Bonchev–Trinajstić information content (AvgIpc) is 4.09. The summed E-state index contributed by atoms with van der Waals surface area (Å²) >= 11 is 4.70. The minimum atomic E-state index is -4.53. The molecule has 1 aliphatic heterocycles. The van der Waals surface area contributed by atoms with Crippen molar-refractivity contribution in [3.8, 4) is 0 Å². The third-order valence-corrected chi connectivity index (χ3v) is 13.7. The Morgan fingerprint density at radius 2 is 1.16 bits per heavy atom. The van der Waals surface area contributed by atoms with Crippen LogP contribution in [0.2, 0.25) is 0 Å². The van der Waals surface area contributed by atoms with Crippen LogP contribution in [0.4, 0.5) is 26.3 Å². The first kappa shape index (κ1) is 47.7. The Morgan fingerprint density at radius 3 is 1.61 bits per heavy atom. The number of carbonyl (C=O) groups excluding carboxylic acids is 1. The number of alkyl halides is 6. The Balaban J connectivity index is 0.000000192. The number of esters is 1. The molecular weight excluding hydrogens is 983 g/mol. The van der Waals surface area contributed by atoms with E-state index in [1.54, 1.807) is 21.5 Å². The van der Waals surface area contributed by atoms with Crippen LogP contribution < -0.4 is 11.1 Å². The summed E-state index contributed by atoms with van der Waals surface area (Å²) in [6.45, 7) is -0.933. The molecule has 8 aromatic rings. The second kappa shape index (κ2) is 18.7. The number of aliphatic hydroxyl groups excluding tert-OH is 4. The van der Waals surface area contributed by atoms with Crippen molar-refractivity contribution in [2.75, 3.05) is 6.61 Å². The van der Waals surface area contributed by atoms with Gasteiger partial charge in [0.25, 0.3) is 11.1 Å². The highest BCUT2D eigenvalue weighted by Gasteiger charge is 2.46. The van der Waals surface area contributed by atoms with E-state index in [2.05, 4.69) is 20.2 Å². The Kier molecular flexibility index (Phi) is 13.3. The van der Waals surface area contributed by atoms with Crippen molar-refractivity contribution >= 4 is 99.3 Å². The minimum Gasteiger partial charge on any atom is -0.481 e. The summed E-state index contributed by atoms with van der Waals surface area (Å²) < 4.78 is 91.0.